The van der Waals surface area contributed by atoms with Crippen LogP contribution in [-0.4, -0.2) is 35.9 Å². The first-order chi connectivity index (χ1) is 10.8. The number of carbonyl (C=O) groups is 1. The third-order valence-electron chi connectivity index (χ3n) is 3.46. The number of benzene rings is 1. The lowest BCUT2D eigenvalue weighted by atomic mass is 10.1. The first kappa shape index (κ1) is 17.2. The molecule has 3 N–H and O–H groups in total. The number of rotatable bonds is 5. The van der Waals surface area contributed by atoms with Crippen molar-refractivity contribution in [2.45, 2.75) is 13.0 Å². The number of fused-ring (bicyclic) bond motifs is 1. The lowest BCUT2D eigenvalue weighted by molar-refractivity contribution is 0.102. The molecule has 0 saturated heterocycles. The Kier molecular flexibility index (Phi) is 5.95. The van der Waals surface area contributed by atoms with Gasteiger partial charge < -0.3 is 15.4 Å². The molecule has 0 radical (unpaired) electrons. The van der Waals surface area contributed by atoms with Crippen LogP contribution in [0.25, 0.3) is 0 Å². The molecule has 1 amide bonds. The Morgan fingerprint density at radius 3 is 3.13 bits per heavy atom. The number of halogens is 2. The minimum absolute atomic E-state index is 0. The van der Waals surface area contributed by atoms with Crippen LogP contribution in [0.5, 0.6) is 5.75 Å². The Hall–Kier alpha value is -2.12. The van der Waals surface area contributed by atoms with E-state index in [0.717, 1.165) is 24.2 Å². The molecule has 0 spiro atoms. The van der Waals surface area contributed by atoms with Crippen LogP contribution in [0.3, 0.4) is 0 Å². The van der Waals surface area contributed by atoms with Crippen molar-refractivity contribution < 1.29 is 13.9 Å². The van der Waals surface area contributed by atoms with Gasteiger partial charge in [0.05, 0.1) is 0 Å². The maximum atomic E-state index is 12.4. The summed E-state index contributed by atoms with van der Waals surface area (Å²) in [6, 6.07) is 6.86. The van der Waals surface area contributed by atoms with E-state index in [2.05, 4.69) is 20.8 Å². The number of nitrogens with one attached hydrogen (secondary N) is 3. The number of aromatic amines is 1. The number of carbonyl (C=O) groups excluding carboxylic acids is 1. The molecule has 2 aromatic rings. The highest BCUT2D eigenvalue weighted by Crippen LogP contribution is 2.20. The van der Waals surface area contributed by atoms with Crippen molar-refractivity contribution in [2.24, 2.45) is 0 Å². The van der Waals surface area contributed by atoms with E-state index in [0.29, 0.717) is 23.7 Å². The van der Waals surface area contributed by atoms with E-state index in [1.54, 1.807) is 24.3 Å². The van der Waals surface area contributed by atoms with Gasteiger partial charge in [0.2, 0.25) is 0 Å². The second kappa shape index (κ2) is 7.94. The Morgan fingerprint density at radius 1 is 1.43 bits per heavy atom. The van der Waals surface area contributed by atoms with Crippen molar-refractivity contribution in [3.05, 3.63) is 41.2 Å². The van der Waals surface area contributed by atoms with E-state index < -0.39 is 6.67 Å². The van der Waals surface area contributed by atoms with Crippen molar-refractivity contribution in [3.63, 3.8) is 0 Å². The first-order valence-corrected chi connectivity index (χ1v) is 7.15. The van der Waals surface area contributed by atoms with Crippen LogP contribution in [0, 0.1) is 0 Å². The monoisotopic (exact) mass is 340 g/mol. The number of H-pyrrole nitrogens is 1. The standard InChI is InChI=1S/C15H17FN4O2.ClH/c16-5-7-22-11-3-1-2-10(8-11)18-15(21)14-12-9-17-6-4-13(12)19-20-14;/h1-3,8,17H,4-7,9H2,(H,18,21)(H,19,20);1H. The highest BCUT2D eigenvalue weighted by Gasteiger charge is 2.21. The maximum absolute atomic E-state index is 12.4. The van der Waals surface area contributed by atoms with Crippen molar-refractivity contribution in [3.8, 4) is 5.75 Å². The van der Waals surface area contributed by atoms with Crippen molar-refractivity contribution in [2.75, 3.05) is 25.1 Å². The molecule has 1 aliphatic heterocycles. The summed E-state index contributed by atoms with van der Waals surface area (Å²) < 4.78 is 17.3. The van der Waals surface area contributed by atoms with Gasteiger partial charge in [-0.1, -0.05) is 6.07 Å². The van der Waals surface area contributed by atoms with Crippen LogP contribution in [0.4, 0.5) is 10.1 Å². The third kappa shape index (κ3) is 4.00. The Bertz CT molecular complexity index is 677. The van der Waals surface area contributed by atoms with Crippen LogP contribution in [0.2, 0.25) is 0 Å². The molecule has 8 heteroatoms. The van der Waals surface area contributed by atoms with E-state index >= 15 is 0 Å². The zero-order valence-electron chi connectivity index (χ0n) is 12.4. The summed E-state index contributed by atoms with van der Waals surface area (Å²) in [5.74, 6) is 0.241. The highest BCUT2D eigenvalue weighted by molar-refractivity contribution is 6.04. The maximum Gasteiger partial charge on any atom is 0.276 e. The number of alkyl halides is 1. The van der Waals surface area contributed by atoms with E-state index in [1.807, 2.05) is 0 Å². The second-order valence-corrected chi connectivity index (χ2v) is 4.98. The van der Waals surface area contributed by atoms with Crippen molar-refractivity contribution in [1.29, 1.82) is 0 Å². The first-order valence-electron chi connectivity index (χ1n) is 7.15. The highest BCUT2D eigenvalue weighted by atomic mass is 35.5. The van der Waals surface area contributed by atoms with Crippen LogP contribution in [0.1, 0.15) is 21.7 Å². The summed E-state index contributed by atoms with van der Waals surface area (Å²) in [6.07, 6.45) is 0.835. The minimum Gasteiger partial charge on any atom is -0.491 e. The number of ether oxygens (including phenoxy) is 1. The van der Waals surface area contributed by atoms with Gasteiger partial charge >= 0.3 is 0 Å². The topological polar surface area (TPSA) is 79.0 Å². The molecule has 3 rings (SSSR count). The SMILES string of the molecule is Cl.O=C(Nc1cccc(OCCF)c1)c1n[nH]c2c1CNCC2. The molecule has 0 saturated carbocycles. The smallest absolute Gasteiger partial charge is 0.276 e. The molecule has 2 heterocycles. The normalized spacial score (nSPS) is 12.9. The predicted octanol–water partition coefficient (Wildman–Crippen LogP) is 2.08. The largest absolute Gasteiger partial charge is 0.491 e. The number of hydrogen-bond acceptors (Lipinski definition) is 4. The number of amides is 1. The van der Waals surface area contributed by atoms with Crippen LogP contribution < -0.4 is 15.4 Å². The van der Waals surface area contributed by atoms with Crippen LogP contribution in [0.15, 0.2) is 24.3 Å². The third-order valence-corrected chi connectivity index (χ3v) is 3.46. The van der Waals surface area contributed by atoms with Crippen molar-refractivity contribution in [1.82, 2.24) is 15.5 Å². The molecule has 0 bridgehead atoms. The van der Waals surface area contributed by atoms with Gasteiger partial charge in [0, 0.05) is 42.5 Å². The summed E-state index contributed by atoms with van der Waals surface area (Å²) in [7, 11) is 0. The van der Waals surface area contributed by atoms with Gasteiger partial charge in [0.25, 0.3) is 5.91 Å². The summed E-state index contributed by atoms with van der Waals surface area (Å²) in [5, 5.41) is 13.0. The Balaban J connectivity index is 0.00000192. The fraction of sp³-hybridized carbons (Fsp3) is 0.333. The van der Waals surface area contributed by atoms with Gasteiger partial charge in [0.15, 0.2) is 5.69 Å². The van der Waals surface area contributed by atoms with Gasteiger partial charge in [-0.25, -0.2) is 4.39 Å². The van der Waals surface area contributed by atoms with Gasteiger partial charge in [-0.15, -0.1) is 12.4 Å². The molecule has 1 aromatic carbocycles. The van der Waals surface area contributed by atoms with Crippen LogP contribution >= 0.6 is 12.4 Å². The summed E-state index contributed by atoms with van der Waals surface area (Å²) >= 11 is 0. The van der Waals surface area contributed by atoms with Crippen LogP contribution in [-0.2, 0) is 13.0 Å². The Morgan fingerprint density at radius 2 is 2.30 bits per heavy atom. The molecule has 0 fully saturated rings. The minimum atomic E-state index is -0.553. The van der Waals surface area contributed by atoms with Gasteiger partial charge in [-0.3, -0.25) is 9.89 Å². The summed E-state index contributed by atoms with van der Waals surface area (Å²) in [6.45, 7) is 0.956. The molecule has 0 aliphatic carbocycles. The quantitative estimate of drug-likeness (QED) is 0.778. The zero-order valence-corrected chi connectivity index (χ0v) is 13.2. The van der Waals surface area contributed by atoms with Gasteiger partial charge in [-0.05, 0) is 12.1 Å². The van der Waals surface area contributed by atoms with Gasteiger partial charge in [-0.2, -0.15) is 5.10 Å². The lowest BCUT2D eigenvalue weighted by Crippen LogP contribution is -2.25. The molecule has 0 unspecified atom stereocenters. The molecule has 6 nitrogen and oxygen atoms in total. The molecule has 0 atom stereocenters. The molecular formula is C15H18ClFN4O2. The molecular weight excluding hydrogens is 323 g/mol. The fourth-order valence-corrected chi connectivity index (χ4v) is 2.42. The second-order valence-electron chi connectivity index (χ2n) is 4.98. The van der Waals surface area contributed by atoms with E-state index in [1.165, 1.54) is 0 Å². The van der Waals surface area contributed by atoms with Crippen molar-refractivity contribution >= 4 is 24.0 Å². The number of anilines is 1. The molecule has 1 aromatic heterocycles. The summed E-state index contributed by atoms with van der Waals surface area (Å²) in [4.78, 5) is 12.4. The zero-order chi connectivity index (χ0) is 15.4. The van der Waals surface area contributed by atoms with E-state index in [4.69, 9.17) is 4.74 Å². The lowest BCUT2D eigenvalue weighted by Gasteiger charge is -2.13. The fourth-order valence-electron chi connectivity index (χ4n) is 2.42. The molecule has 124 valence electrons. The Labute approximate surface area is 139 Å². The van der Waals surface area contributed by atoms with E-state index in [9.17, 15) is 9.18 Å². The molecule has 1 aliphatic rings. The molecule has 23 heavy (non-hydrogen) atoms. The predicted molar refractivity (Wildman–Crippen MR) is 87.1 cm³/mol. The number of hydrogen-bond donors (Lipinski definition) is 3. The summed E-state index contributed by atoms with van der Waals surface area (Å²) in [5.41, 5.74) is 2.90. The number of aromatic nitrogens is 2. The van der Waals surface area contributed by atoms with E-state index in [-0.39, 0.29) is 24.9 Å². The average Bonchev–Trinajstić information content (AvgIpc) is 2.97. The van der Waals surface area contributed by atoms with Gasteiger partial charge in [0.1, 0.15) is 19.0 Å². The number of nitrogens with zero attached hydrogens (tertiary/aromatic N) is 1. The average molecular weight is 341 g/mol.